The van der Waals surface area contributed by atoms with Gasteiger partial charge < -0.3 is 11.1 Å². The molecule has 0 saturated heterocycles. The first-order valence-electron chi connectivity index (χ1n) is 5.66. The van der Waals surface area contributed by atoms with E-state index >= 15 is 0 Å². The van der Waals surface area contributed by atoms with E-state index in [0.29, 0.717) is 0 Å². The van der Waals surface area contributed by atoms with E-state index in [-0.39, 0.29) is 0 Å². The maximum atomic E-state index is 5.86. The van der Waals surface area contributed by atoms with Gasteiger partial charge in [-0.15, -0.1) is 0 Å². The van der Waals surface area contributed by atoms with Gasteiger partial charge in [-0.2, -0.15) is 0 Å². The minimum absolute atomic E-state index is 0.840. The standard InChI is InChI=1S/C15H16N2/c16-15-11-5-4-7-13(15)8-6-12-17-14-9-2-1-3-10-14/h1-7,9-12,17H,8,16H2. The highest BCUT2D eigenvalue weighted by Crippen LogP contribution is 2.11. The largest absolute Gasteiger partial charge is 0.398 e. The van der Waals surface area contributed by atoms with Crippen LogP contribution in [0.5, 0.6) is 0 Å². The van der Waals surface area contributed by atoms with Crippen LogP contribution in [0, 0.1) is 0 Å². The van der Waals surface area contributed by atoms with Crippen LogP contribution in [-0.2, 0) is 6.42 Å². The maximum Gasteiger partial charge on any atom is 0.0379 e. The van der Waals surface area contributed by atoms with Gasteiger partial charge in [-0.25, -0.2) is 0 Å². The Balaban J connectivity index is 1.89. The van der Waals surface area contributed by atoms with Gasteiger partial charge in [0.2, 0.25) is 0 Å². The smallest absolute Gasteiger partial charge is 0.0379 e. The van der Waals surface area contributed by atoms with E-state index in [1.165, 1.54) is 0 Å². The Morgan fingerprint density at radius 1 is 0.941 bits per heavy atom. The van der Waals surface area contributed by atoms with E-state index in [9.17, 15) is 0 Å². The molecule has 0 aromatic heterocycles. The molecule has 0 aliphatic rings. The number of nitrogens with one attached hydrogen (secondary N) is 1. The fraction of sp³-hybridized carbons (Fsp3) is 0.0667. The molecular weight excluding hydrogens is 208 g/mol. The number of nitrogen functional groups attached to an aromatic ring is 1. The number of benzene rings is 2. The van der Waals surface area contributed by atoms with Gasteiger partial charge >= 0.3 is 0 Å². The number of allylic oxidation sites excluding steroid dienone is 1. The average Bonchev–Trinajstić information content (AvgIpc) is 2.38. The third-order valence-electron chi connectivity index (χ3n) is 2.53. The van der Waals surface area contributed by atoms with Crippen LogP contribution >= 0.6 is 0 Å². The van der Waals surface area contributed by atoms with Crippen LogP contribution in [0.1, 0.15) is 5.56 Å². The number of anilines is 2. The van der Waals surface area contributed by atoms with Crippen molar-refractivity contribution in [2.45, 2.75) is 6.42 Å². The highest BCUT2D eigenvalue weighted by Gasteiger charge is 1.93. The summed E-state index contributed by atoms with van der Waals surface area (Å²) in [4.78, 5) is 0. The molecule has 2 rings (SSSR count). The molecule has 0 radical (unpaired) electrons. The van der Waals surface area contributed by atoms with Gasteiger partial charge in [0.1, 0.15) is 0 Å². The summed E-state index contributed by atoms with van der Waals surface area (Å²) in [5.41, 5.74) is 8.94. The Morgan fingerprint density at radius 2 is 1.65 bits per heavy atom. The van der Waals surface area contributed by atoms with Crippen LogP contribution < -0.4 is 11.1 Å². The zero-order valence-electron chi connectivity index (χ0n) is 9.64. The molecule has 0 unspecified atom stereocenters. The van der Waals surface area contributed by atoms with Crippen molar-refractivity contribution in [1.29, 1.82) is 0 Å². The molecular formula is C15H16N2. The molecule has 0 atom stereocenters. The van der Waals surface area contributed by atoms with E-state index < -0.39 is 0 Å². The van der Waals surface area contributed by atoms with Crippen molar-refractivity contribution in [3.63, 3.8) is 0 Å². The van der Waals surface area contributed by atoms with Crippen molar-refractivity contribution < 1.29 is 0 Å². The molecule has 0 fully saturated rings. The third kappa shape index (κ3) is 3.38. The quantitative estimate of drug-likeness (QED) is 0.781. The van der Waals surface area contributed by atoms with Crippen molar-refractivity contribution in [2.75, 3.05) is 11.1 Å². The Labute approximate surface area is 102 Å². The molecule has 0 saturated carbocycles. The first-order chi connectivity index (χ1) is 8.36. The van der Waals surface area contributed by atoms with Crippen LogP contribution in [-0.4, -0.2) is 0 Å². The van der Waals surface area contributed by atoms with Gasteiger partial charge in [0.05, 0.1) is 0 Å². The lowest BCUT2D eigenvalue weighted by Gasteiger charge is -2.02. The second-order valence-corrected chi connectivity index (χ2v) is 3.82. The molecule has 3 N–H and O–H groups in total. The highest BCUT2D eigenvalue weighted by molar-refractivity contribution is 5.48. The summed E-state index contributed by atoms with van der Waals surface area (Å²) < 4.78 is 0. The molecule has 0 amide bonds. The minimum Gasteiger partial charge on any atom is -0.398 e. The van der Waals surface area contributed by atoms with E-state index in [2.05, 4.69) is 11.4 Å². The summed E-state index contributed by atoms with van der Waals surface area (Å²) >= 11 is 0. The van der Waals surface area contributed by atoms with Crippen molar-refractivity contribution in [2.24, 2.45) is 0 Å². The summed E-state index contributed by atoms with van der Waals surface area (Å²) in [7, 11) is 0. The summed E-state index contributed by atoms with van der Waals surface area (Å²) in [6, 6.07) is 18.0. The van der Waals surface area contributed by atoms with Gasteiger partial charge in [-0.3, -0.25) is 0 Å². The number of hydrogen-bond donors (Lipinski definition) is 2. The van der Waals surface area contributed by atoms with Crippen LogP contribution in [0.25, 0.3) is 0 Å². The molecule has 0 aliphatic heterocycles. The first kappa shape index (κ1) is 11.3. The lowest BCUT2D eigenvalue weighted by molar-refractivity contribution is 1.27. The van der Waals surface area contributed by atoms with Gasteiger partial charge in [0.25, 0.3) is 0 Å². The lowest BCUT2D eigenvalue weighted by atomic mass is 10.1. The van der Waals surface area contributed by atoms with E-state index in [4.69, 9.17) is 5.73 Å². The molecule has 2 aromatic rings. The van der Waals surface area contributed by atoms with E-state index in [1.54, 1.807) is 0 Å². The normalized spacial score (nSPS) is 10.6. The Bertz CT molecular complexity index is 489. The Kier molecular flexibility index (Phi) is 3.81. The molecule has 2 nitrogen and oxygen atoms in total. The molecule has 2 aromatic carbocycles. The molecule has 0 heterocycles. The predicted molar refractivity (Wildman–Crippen MR) is 73.8 cm³/mol. The third-order valence-corrected chi connectivity index (χ3v) is 2.53. The average molecular weight is 224 g/mol. The maximum absolute atomic E-state index is 5.86. The minimum atomic E-state index is 0.840. The summed E-state index contributed by atoms with van der Waals surface area (Å²) in [6.45, 7) is 0. The topological polar surface area (TPSA) is 38.0 Å². The Hall–Kier alpha value is -2.22. The Morgan fingerprint density at radius 3 is 2.41 bits per heavy atom. The predicted octanol–water partition coefficient (Wildman–Crippen LogP) is 3.44. The summed E-state index contributed by atoms with van der Waals surface area (Å²) in [5.74, 6) is 0. The first-order valence-corrected chi connectivity index (χ1v) is 5.66. The molecule has 0 spiro atoms. The monoisotopic (exact) mass is 224 g/mol. The number of nitrogens with two attached hydrogens (primary N) is 1. The zero-order valence-corrected chi connectivity index (χ0v) is 9.64. The zero-order chi connectivity index (χ0) is 11.9. The van der Waals surface area contributed by atoms with Crippen LogP contribution in [0.3, 0.4) is 0 Å². The van der Waals surface area contributed by atoms with Crippen molar-refractivity contribution in [1.82, 2.24) is 0 Å². The molecule has 0 bridgehead atoms. The fourth-order valence-corrected chi connectivity index (χ4v) is 1.60. The lowest BCUT2D eigenvalue weighted by Crippen LogP contribution is -1.92. The van der Waals surface area contributed by atoms with Gasteiger partial charge in [-0.1, -0.05) is 42.5 Å². The van der Waals surface area contributed by atoms with E-state index in [0.717, 1.165) is 23.4 Å². The molecule has 17 heavy (non-hydrogen) atoms. The summed E-state index contributed by atoms with van der Waals surface area (Å²) in [5, 5.41) is 3.21. The molecule has 86 valence electrons. The molecule has 0 aliphatic carbocycles. The number of rotatable bonds is 4. The van der Waals surface area contributed by atoms with E-state index in [1.807, 2.05) is 60.8 Å². The van der Waals surface area contributed by atoms with Gasteiger partial charge in [0, 0.05) is 11.4 Å². The van der Waals surface area contributed by atoms with Gasteiger partial charge in [-0.05, 0) is 36.4 Å². The van der Waals surface area contributed by atoms with Crippen LogP contribution in [0.2, 0.25) is 0 Å². The SMILES string of the molecule is Nc1ccccc1CC=CNc1ccccc1. The van der Waals surface area contributed by atoms with Crippen LogP contribution in [0.4, 0.5) is 11.4 Å². The van der Waals surface area contributed by atoms with Crippen molar-refractivity contribution >= 4 is 11.4 Å². The number of para-hydroxylation sites is 2. The van der Waals surface area contributed by atoms with Crippen molar-refractivity contribution in [3.05, 3.63) is 72.4 Å². The van der Waals surface area contributed by atoms with Crippen LogP contribution in [0.15, 0.2) is 66.9 Å². The fourth-order valence-electron chi connectivity index (χ4n) is 1.60. The van der Waals surface area contributed by atoms with Gasteiger partial charge in [0.15, 0.2) is 0 Å². The van der Waals surface area contributed by atoms with Crippen molar-refractivity contribution in [3.8, 4) is 0 Å². The molecule has 2 heteroatoms. The second-order valence-electron chi connectivity index (χ2n) is 3.82. The highest BCUT2D eigenvalue weighted by atomic mass is 14.8. The summed E-state index contributed by atoms with van der Waals surface area (Å²) in [6.07, 6.45) is 4.85. The number of hydrogen-bond acceptors (Lipinski definition) is 2. The second kappa shape index (κ2) is 5.75.